The first-order chi connectivity index (χ1) is 17.7. The van der Waals surface area contributed by atoms with Crippen LogP contribution in [0, 0.1) is 24.2 Å². The Morgan fingerprint density at radius 2 is 1.38 bits per heavy atom. The largest absolute Gasteiger partial charge is 0.507 e. The summed E-state index contributed by atoms with van der Waals surface area (Å²) >= 11 is 0. The standard InChI is InChI=1S/C29H26O8/c1-5-29(34)12-17(14-10-19(35-2)28(37-4)20(11-14)36-3)21-18(13-29)26(32)22-23(27(21)33)25(31)16-9-7-6-8-15(16)24(22)30/h1,6-11,17-18,21,30-31,34H,12-13H2,2-4H3/t17-,18-,21+,29-/m1/s1. The zero-order chi connectivity index (χ0) is 26.6. The number of hydrogen-bond acceptors (Lipinski definition) is 8. The quantitative estimate of drug-likeness (QED) is 0.364. The van der Waals surface area contributed by atoms with Gasteiger partial charge in [-0.15, -0.1) is 6.42 Å². The molecule has 1 saturated carbocycles. The summed E-state index contributed by atoms with van der Waals surface area (Å²) in [5.74, 6) is -1.08. The summed E-state index contributed by atoms with van der Waals surface area (Å²) in [6.07, 6.45) is 5.53. The monoisotopic (exact) mass is 502 g/mol. The highest BCUT2D eigenvalue weighted by molar-refractivity contribution is 6.23. The first-order valence-electron chi connectivity index (χ1n) is 11.7. The van der Waals surface area contributed by atoms with Gasteiger partial charge in [-0.1, -0.05) is 30.2 Å². The van der Waals surface area contributed by atoms with E-state index in [1.807, 2.05) is 0 Å². The number of methoxy groups -OCH3 is 3. The summed E-state index contributed by atoms with van der Waals surface area (Å²) < 4.78 is 16.4. The Hall–Kier alpha value is -4.22. The minimum atomic E-state index is -1.69. The molecule has 0 aromatic heterocycles. The molecule has 1 fully saturated rings. The maximum atomic E-state index is 14.1. The molecule has 3 N–H and O–H groups in total. The number of ketones is 2. The number of phenolic OH excluding ortho intramolecular Hbond substituents is 2. The average Bonchev–Trinajstić information content (AvgIpc) is 2.92. The van der Waals surface area contributed by atoms with E-state index in [0.717, 1.165) is 0 Å². The molecule has 0 saturated heterocycles. The summed E-state index contributed by atoms with van der Waals surface area (Å²) in [5, 5.41) is 33.9. The fourth-order valence-corrected chi connectivity index (χ4v) is 5.96. The summed E-state index contributed by atoms with van der Waals surface area (Å²) in [7, 11) is 4.38. The number of phenols is 2. The van der Waals surface area contributed by atoms with Crippen LogP contribution in [0.1, 0.15) is 45.0 Å². The van der Waals surface area contributed by atoms with Crippen molar-refractivity contribution >= 4 is 22.3 Å². The molecule has 8 heteroatoms. The van der Waals surface area contributed by atoms with E-state index in [4.69, 9.17) is 20.6 Å². The van der Waals surface area contributed by atoms with Crippen LogP contribution in [0.15, 0.2) is 36.4 Å². The molecule has 0 heterocycles. The predicted octanol–water partition coefficient (Wildman–Crippen LogP) is 3.83. The highest BCUT2D eigenvalue weighted by Crippen LogP contribution is 2.55. The number of rotatable bonds is 4. The highest BCUT2D eigenvalue weighted by Gasteiger charge is 2.55. The molecule has 3 aromatic carbocycles. The van der Waals surface area contributed by atoms with Crippen LogP contribution in [0.4, 0.5) is 0 Å². The number of carbonyl (C=O) groups excluding carboxylic acids is 2. The number of benzene rings is 3. The normalized spacial score (nSPS) is 24.7. The van der Waals surface area contributed by atoms with Crippen molar-refractivity contribution in [2.45, 2.75) is 24.4 Å². The molecule has 3 aromatic rings. The second-order valence-electron chi connectivity index (χ2n) is 9.50. The second-order valence-corrected chi connectivity index (χ2v) is 9.50. The Labute approximate surface area is 213 Å². The Kier molecular flexibility index (Phi) is 5.76. The van der Waals surface area contributed by atoms with Gasteiger partial charge in [-0.05, 0) is 36.5 Å². The van der Waals surface area contributed by atoms with Gasteiger partial charge in [0, 0.05) is 22.6 Å². The first kappa shape index (κ1) is 24.5. The number of Topliss-reactive ketones (excluding diaryl/α,β-unsaturated/α-hetero) is 2. The van der Waals surface area contributed by atoms with E-state index < -0.39 is 34.9 Å². The maximum Gasteiger partial charge on any atom is 0.203 e. The van der Waals surface area contributed by atoms with Crippen LogP contribution in [0.5, 0.6) is 28.7 Å². The number of hydrogen-bond donors (Lipinski definition) is 3. The Morgan fingerprint density at radius 1 is 0.865 bits per heavy atom. The van der Waals surface area contributed by atoms with Crippen LogP contribution in [0.2, 0.25) is 0 Å². The molecule has 8 nitrogen and oxygen atoms in total. The fourth-order valence-electron chi connectivity index (χ4n) is 5.96. The lowest BCUT2D eigenvalue weighted by Gasteiger charge is -2.45. The summed E-state index contributed by atoms with van der Waals surface area (Å²) in [5.41, 5.74) is -1.60. The van der Waals surface area contributed by atoms with E-state index in [9.17, 15) is 24.9 Å². The van der Waals surface area contributed by atoms with Crippen molar-refractivity contribution in [2.24, 2.45) is 11.8 Å². The molecule has 2 aliphatic rings. The van der Waals surface area contributed by atoms with Gasteiger partial charge in [-0.2, -0.15) is 0 Å². The molecule has 5 rings (SSSR count). The van der Waals surface area contributed by atoms with Crippen molar-refractivity contribution in [3.05, 3.63) is 53.1 Å². The zero-order valence-corrected chi connectivity index (χ0v) is 20.6. The zero-order valence-electron chi connectivity index (χ0n) is 20.6. The lowest BCUT2D eigenvalue weighted by Crippen LogP contribution is -2.50. The molecule has 0 amide bonds. The van der Waals surface area contributed by atoms with Gasteiger partial charge in [0.1, 0.15) is 17.1 Å². The lowest BCUT2D eigenvalue weighted by atomic mass is 9.57. The van der Waals surface area contributed by atoms with Gasteiger partial charge in [0.25, 0.3) is 0 Å². The third kappa shape index (κ3) is 3.50. The molecule has 0 bridgehead atoms. The molecule has 0 spiro atoms. The number of aliphatic hydroxyl groups is 1. The molecule has 0 aliphatic heterocycles. The van der Waals surface area contributed by atoms with Gasteiger partial charge in [0.2, 0.25) is 5.75 Å². The van der Waals surface area contributed by atoms with Gasteiger partial charge >= 0.3 is 0 Å². The van der Waals surface area contributed by atoms with Crippen LogP contribution < -0.4 is 14.2 Å². The Balaban J connectivity index is 1.76. The molecule has 2 aliphatic carbocycles. The minimum absolute atomic E-state index is 0.0159. The maximum absolute atomic E-state index is 14.1. The van der Waals surface area contributed by atoms with E-state index in [-0.39, 0.29) is 46.2 Å². The van der Waals surface area contributed by atoms with Crippen molar-refractivity contribution in [1.82, 2.24) is 0 Å². The number of aromatic hydroxyl groups is 2. The predicted molar refractivity (Wildman–Crippen MR) is 135 cm³/mol. The third-order valence-electron chi connectivity index (χ3n) is 7.66. The molecule has 190 valence electrons. The van der Waals surface area contributed by atoms with E-state index in [2.05, 4.69) is 5.92 Å². The van der Waals surface area contributed by atoms with E-state index in [1.165, 1.54) is 21.3 Å². The van der Waals surface area contributed by atoms with E-state index in [1.54, 1.807) is 36.4 Å². The Bertz CT molecular complexity index is 1480. The summed E-state index contributed by atoms with van der Waals surface area (Å²) in [6.45, 7) is 0. The highest BCUT2D eigenvalue weighted by atomic mass is 16.5. The minimum Gasteiger partial charge on any atom is -0.507 e. The lowest BCUT2D eigenvalue weighted by molar-refractivity contribution is 0.00347. The first-order valence-corrected chi connectivity index (χ1v) is 11.7. The van der Waals surface area contributed by atoms with Crippen LogP contribution in [-0.4, -0.2) is 53.8 Å². The summed E-state index contributed by atoms with van der Waals surface area (Å²) in [6, 6.07) is 9.78. The van der Waals surface area contributed by atoms with E-state index >= 15 is 0 Å². The van der Waals surface area contributed by atoms with Gasteiger partial charge in [-0.25, -0.2) is 0 Å². The molecule has 37 heavy (non-hydrogen) atoms. The van der Waals surface area contributed by atoms with Crippen LogP contribution in [0.25, 0.3) is 10.8 Å². The van der Waals surface area contributed by atoms with Crippen molar-refractivity contribution in [3.63, 3.8) is 0 Å². The van der Waals surface area contributed by atoms with Gasteiger partial charge in [0.05, 0.1) is 32.5 Å². The van der Waals surface area contributed by atoms with Gasteiger partial charge < -0.3 is 29.5 Å². The molecular weight excluding hydrogens is 476 g/mol. The van der Waals surface area contributed by atoms with Crippen LogP contribution in [0.3, 0.4) is 0 Å². The second kappa shape index (κ2) is 8.71. The SMILES string of the molecule is C#C[C@@]1(O)C[C@H](c2cc(OC)c(OC)c(OC)c2)[C@@H]2C(=O)c3c(c(O)c4ccccc4c3O)C(=O)[C@@H]2C1. The smallest absolute Gasteiger partial charge is 0.203 e. The van der Waals surface area contributed by atoms with E-state index in [0.29, 0.717) is 22.8 Å². The fraction of sp³-hybridized carbons (Fsp3) is 0.310. The molecular formula is C29H26O8. The Morgan fingerprint density at radius 3 is 1.86 bits per heavy atom. The average molecular weight is 503 g/mol. The van der Waals surface area contributed by atoms with Crippen molar-refractivity contribution < 1.29 is 39.1 Å². The molecule has 4 atom stereocenters. The molecule has 0 radical (unpaired) electrons. The molecule has 0 unspecified atom stereocenters. The third-order valence-corrected chi connectivity index (χ3v) is 7.66. The van der Waals surface area contributed by atoms with Crippen molar-refractivity contribution in [3.8, 4) is 41.1 Å². The van der Waals surface area contributed by atoms with Crippen molar-refractivity contribution in [2.75, 3.05) is 21.3 Å². The van der Waals surface area contributed by atoms with Crippen LogP contribution >= 0.6 is 0 Å². The number of ether oxygens (including phenoxy) is 3. The number of fused-ring (bicyclic) bond motifs is 3. The van der Waals surface area contributed by atoms with Gasteiger partial charge in [0.15, 0.2) is 23.1 Å². The van der Waals surface area contributed by atoms with Crippen LogP contribution in [-0.2, 0) is 0 Å². The summed E-state index contributed by atoms with van der Waals surface area (Å²) in [4.78, 5) is 28.0. The number of terminal acetylenes is 1. The van der Waals surface area contributed by atoms with Crippen molar-refractivity contribution in [1.29, 1.82) is 0 Å². The van der Waals surface area contributed by atoms with Gasteiger partial charge in [-0.3, -0.25) is 9.59 Å². The topological polar surface area (TPSA) is 123 Å². The number of carbonyl (C=O) groups is 2.